The summed E-state index contributed by atoms with van der Waals surface area (Å²) in [4.78, 5) is 12.9. The van der Waals surface area contributed by atoms with Crippen LogP contribution in [0.4, 0.5) is 0 Å². The Kier molecular flexibility index (Phi) is 11.0. The van der Waals surface area contributed by atoms with Crippen LogP contribution in [0.2, 0.25) is 0 Å². The number of hydrogen-bond acceptors (Lipinski definition) is 5. The first-order valence-corrected chi connectivity index (χ1v) is 16.6. The Morgan fingerprint density at radius 2 is 1.74 bits per heavy atom. The van der Waals surface area contributed by atoms with Gasteiger partial charge >= 0.3 is 5.97 Å². The van der Waals surface area contributed by atoms with Crippen molar-refractivity contribution in [3.63, 3.8) is 0 Å². The highest BCUT2D eigenvalue weighted by Crippen LogP contribution is 2.44. The van der Waals surface area contributed by atoms with Gasteiger partial charge in [-0.25, -0.2) is 4.79 Å². The van der Waals surface area contributed by atoms with Crippen molar-refractivity contribution in [3.8, 4) is 22.6 Å². The van der Waals surface area contributed by atoms with Gasteiger partial charge in [-0.3, -0.25) is 4.68 Å². The number of carboxylic acids is 1. The Bertz CT molecular complexity index is 1790. The normalized spacial score (nSPS) is 13.1. The number of carbonyl (C=O) groups is 1. The quantitative estimate of drug-likeness (QED) is 0.165. The molecule has 0 saturated carbocycles. The van der Waals surface area contributed by atoms with Crippen molar-refractivity contribution in [2.24, 2.45) is 7.05 Å². The highest BCUT2D eigenvalue weighted by molar-refractivity contribution is 6.06. The van der Waals surface area contributed by atoms with Gasteiger partial charge in [-0.15, -0.1) is 0 Å². The van der Waals surface area contributed by atoms with Gasteiger partial charge in [-0.2, -0.15) is 5.10 Å². The van der Waals surface area contributed by atoms with Crippen LogP contribution >= 0.6 is 0 Å². The molecule has 8 nitrogen and oxygen atoms in total. The fraction of sp³-hybridized carbons (Fsp3) is 0.421. The SMILES string of the molecule is CCCCC.COc1ccc2c(CCCOc3cccc4ccccc34)c(C(=O)O)n3c2c1-c1c(nn(C)c1C)COCCCC3. The van der Waals surface area contributed by atoms with Gasteiger partial charge in [0, 0.05) is 42.2 Å². The molecule has 0 unspecified atom stereocenters. The lowest BCUT2D eigenvalue weighted by Crippen LogP contribution is -2.12. The molecule has 0 aliphatic carbocycles. The fourth-order valence-corrected chi connectivity index (χ4v) is 6.48. The number of aromatic carboxylic acids is 1. The van der Waals surface area contributed by atoms with E-state index in [2.05, 4.69) is 32.0 Å². The molecular weight excluding hydrogens is 578 g/mol. The van der Waals surface area contributed by atoms with Crippen LogP contribution in [0.3, 0.4) is 0 Å². The first-order chi connectivity index (χ1) is 22.4. The van der Waals surface area contributed by atoms with Gasteiger partial charge in [-0.05, 0) is 61.8 Å². The number of aromatic nitrogens is 3. The lowest BCUT2D eigenvalue weighted by molar-refractivity contribution is 0.0683. The second-order valence-electron chi connectivity index (χ2n) is 11.9. The minimum atomic E-state index is -0.926. The zero-order chi connectivity index (χ0) is 32.6. The molecule has 0 spiro atoms. The Labute approximate surface area is 271 Å². The standard InChI is InChI=1S/C33H35N3O5.C5H12/c1-21-29-26(34-35(21)2)20-40-18-7-6-17-36-31-25(15-16-28(39-3)30(29)31)24(32(36)33(37)38)13-9-19-41-27-14-8-11-22-10-4-5-12-23(22)27;1-3-5-4-2/h4-5,8,10-12,14-16H,6-7,9,13,17-20H2,1-3H3,(H,37,38);3-5H2,1-2H3. The van der Waals surface area contributed by atoms with Crippen molar-refractivity contribution in [1.29, 1.82) is 0 Å². The van der Waals surface area contributed by atoms with Gasteiger partial charge in [-0.1, -0.05) is 69.5 Å². The number of benzene rings is 3. The van der Waals surface area contributed by atoms with E-state index in [4.69, 9.17) is 19.3 Å². The van der Waals surface area contributed by atoms with Crippen molar-refractivity contribution in [3.05, 3.63) is 77.2 Å². The smallest absolute Gasteiger partial charge is 0.352 e. The van der Waals surface area contributed by atoms with Crippen LogP contribution in [0.1, 0.15) is 79.8 Å². The molecule has 1 aliphatic rings. The van der Waals surface area contributed by atoms with Crippen molar-refractivity contribution < 1.29 is 24.1 Å². The molecule has 0 radical (unpaired) electrons. The van der Waals surface area contributed by atoms with Gasteiger partial charge in [0.15, 0.2) is 0 Å². The monoisotopic (exact) mass is 625 g/mol. The van der Waals surface area contributed by atoms with Crippen LogP contribution in [0, 0.1) is 6.92 Å². The molecule has 5 aromatic rings. The average Bonchev–Trinajstić information content (AvgIpc) is 3.52. The van der Waals surface area contributed by atoms with E-state index < -0.39 is 5.97 Å². The zero-order valence-corrected chi connectivity index (χ0v) is 27.9. The summed E-state index contributed by atoms with van der Waals surface area (Å²) < 4.78 is 21.9. The third-order valence-corrected chi connectivity index (χ3v) is 8.81. The molecule has 0 fully saturated rings. The predicted octanol–water partition coefficient (Wildman–Crippen LogP) is 8.73. The fourth-order valence-electron chi connectivity index (χ4n) is 6.48. The molecular formula is C38H47N3O5. The van der Waals surface area contributed by atoms with Gasteiger partial charge in [0.25, 0.3) is 0 Å². The van der Waals surface area contributed by atoms with Gasteiger partial charge in [0.05, 0.1) is 37.1 Å². The van der Waals surface area contributed by atoms with E-state index in [0.29, 0.717) is 50.7 Å². The number of ether oxygens (including phenoxy) is 3. The van der Waals surface area contributed by atoms with E-state index in [1.54, 1.807) is 7.11 Å². The summed E-state index contributed by atoms with van der Waals surface area (Å²) in [5.41, 5.74) is 5.66. The molecule has 0 atom stereocenters. The van der Waals surface area contributed by atoms with Crippen molar-refractivity contribution in [2.45, 2.75) is 78.9 Å². The molecule has 46 heavy (non-hydrogen) atoms. The van der Waals surface area contributed by atoms with Gasteiger partial charge in [0.1, 0.15) is 17.2 Å². The predicted molar refractivity (Wildman–Crippen MR) is 184 cm³/mol. The summed E-state index contributed by atoms with van der Waals surface area (Å²) in [5.74, 6) is 0.605. The van der Waals surface area contributed by atoms with E-state index in [1.165, 1.54) is 19.3 Å². The van der Waals surface area contributed by atoms with Crippen LogP contribution in [-0.2, 0) is 31.4 Å². The van der Waals surface area contributed by atoms with E-state index in [-0.39, 0.29) is 0 Å². The third-order valence-electron chi connectivity index (χ3n) is 8.81. The Hall–Kier alpha value is -4.30. The molecule has 3 heterocycles. The van der Waals surface area contributed by atoms with Crippen molar-refractivity contribution >= 4 is 27.6 Å². The topological polar surface area (TPSA) is 87.7 Å². The Morgan fingerprint density at radius 1 is 0.957 bits per heavy atom. The number of hydrogen-bond donors (Lipinski definition) is 1. The molecule has 244 valence electrons. The van der Waals surface area contributed by atoms with Gasteiger partial charge in [0.2, 0.25) is 0 Å². The number of rotatable bonds is 9. The number of fused-ring (bicyclic) bond motifs is 3. The van der Waals surface area contributed by atoms with Crippen molar-refractivity contribution in [1.82, 2.24) is 14.3 Å². The third kappa shape index (κ3) is 6.77. The summed E-state index contributed by atoms with van der Waals surface area (Å²) in [5, 5.41) is 18.4. The second kappa shape index (κ2) is 15.3. The number of carboxylic acid groups (broad SMARTS) is 1. The van der Waals surface area contributed by atoms with E-state index in [0.717, 1.165) is 68.3 Å². The first-order valence-electron chi connectivity index (χ1n) is 16.6. The lowest BCUT2D eigenvalue weighted by atomic mass is 9.97. The molecule has 1 aliphatic heterocycles. The van der Waals surface area contributed by atoms with E-state index >= 15 is 0 Å². The summed E-state index contributed by atoms with van der Waals surface area (Å²) in [6.45, 7) is 8.48. The zero-order valence-electron chi connectivity index (χ0n) is 27.9. The molecule has 6 rings (SSSR count). The number of nitrogens with zero attached hydrogens (tertiary/aromatic N) is 3. The number of methoxy groups -OCH3 is 1. The number of aryl methyl sites for hydroxylation is 3. The lowest BCUT2D eigenvalue weighted by Gasteiger charge is -2.15. The molecule has 3 aromatic carbocycles. The maximum Gasteiger partial charge on any atom is 0.352 e. The average molecular weight is 626 g/mol. The molecule has 1 N–H and O–H groups in total. The van der Waals surface area contributed by atoms with E-state index in [1.807, 2.05) is 59.6 Å². The Balaban J connectivity index is 0.000000775. The highest BCUT2D eigenvalue weighted by atomic mass is 16.5. The van der Waals surface area contributed by atoms with Gasteiger partial charge < -0.3 is 23.9 Å². The van der Waals surface area contributed by atoms with Crippen molar-refractivity contribution in [2.75, 3.05) is 20.3 Å². The number of unbranched alkanes of at least 4 members (excludes halogenated alkanes) is 2. The molecule has 0 saturated heterocycles. The molecule has 0 bridgehead atoms. The van der Waals surface area contributed by atoms with Crippen LogP contribution in [0.25, 0.3) is 32.8 Å². The molecule has 0 amide bonds. The summed E-state index contributed by atoms with van der Waals surface area (Å²) in [7, 11) is 3.57. The van der Waals surface area contributed by atoms with Crippen LogP contribution in [-0.4, -0.2) is 45.7 Å². The maximum absolute atomic E-state index is 12.9. The van der Waals surface area contributed by atoms with E-state index in [9.17, 15) is 9.90 Å². The molecule has 8 heteroatoms. The largest absolute Gasteiger partial charge is 0.496 e. The highest BCUT2D eigenvalue weighted by Gasteiger charge is 2.29. The first kappa shape index (κ1) is 33.1. The van der Waals surface area contributed by atoms with Crippen LogP contribution in [0.5, 0.6) is 11.5 Å². The minimum absolute atomic E-state index is 0.336. The minimum Gasteiger partial charge on any atom is -0.496 e. The molecule has 2 aromatic heterocycles. The Morgan fingerprint density at radius 3 is 2.48 bits per heavy atom. The summed E-state index contributed by atoms with van der Waals surface area (Å²) >= 11 is 0. The van der Waals surface area contributed by atoms with Crippen LogP contribution < -0.4 is 9.47 Å². The summed E-state index contributed by atoms with van der Waals surface area (Å²) in [6.07, 6.45) is 6.95. The van der Waals surface area contributed by atoms with Crippen LogP contribution in [0.15, 0.2) is 54.6 Å². The maximum atomic E-state index is 12.9. The summed E-state index contributed by atoms with van der Waals surface area (Å²) in [6, 6.07) is 18.2. The second-order valence-corrected chi connectivity index (χ2v) is 11.9.